The van der Waals surface area contributed by atoms with Crippen molar-refractivity contribution in [1.82, 2.24) is 10.3 Å². The number of nitrogens with zero attached hydrogens (tertiary/aromatic N) is 1. The van der Waals surface area contributed by atoms with Gasteiger partial charge in [0, 0.05) is 17.9 Å². The topological polar surface area (TPSA) is 24.9 Å². The monoisotopic (exact) mass is 280 g/mol. The first kappa shape index (κ1) is 14.3. The Morgan fingerprint density at radius 3 is 2.71 bits per heavy atom. The van der Waals surface area contributed by atoms with E-state index in [2.05, 4.69) is 66.6 Å². The molecule has 1 N–H and O–H groups in total. The number of pyridine rings is 1. The molecule has 0 aliphatic heterocycles. The highest BCUT2D eigenvalue weighted by molar-refractivity contribution is 5.31. The number of nitrogens with one attached hydrogen (secondary N) is 1. The van der Waals surface area contributed by atoms with Crippen molar-refractivity contribution in [2.24, 2.45) is 5.92 Å². The summed E-state index contributed by atoms with van der Waals surface area (Å²) in [6, 6.07) is 15.6. The normalized spacial score (nSPS) is 22.0. The number of benzene rings is 1. The third-order valence-corrected chi connectivity index (χ3v) is 4.49. The van der Waals surface area contributed by atoms with E-state index in [4.69, 9.17) is 0 Å². The number of hydrogen-bond acceptors (Lipinski definition) is 2. The second kappa shape index (κ2) is 6.40. The summed E-state index contributed by atoms with van der Waals surface area (Å²) in [4.78, 5) is 4.48. The van der Waals surface area contributed by atoms with Gasteiger partial charge < -0.3 is 5.32 Å². The maximum Gasteiger partial charge on any atom is 0.0420 e. The van der Waals surface area contributed by atoms with Crippen molar-refractivity contribution in [2.75, 3.05) is 6.54 Å². The Labute approximate surface area is 127 Å². The lowest BCUT2D eigenvalue weighted by Crippen LogP contribution is -2.25. The average molecular weight is 280 g/mol. The summed E-state index contributed by atoms with van der Waals surface area (Å²) in [5, 5.41) is 3.75. The average Bonchev–Trinajstić information content (AvgIpc) is 3.31. The van der Waals surface area contributed by atoms with Gasteiger partial charge in [-0.05, 0) is 55.3 Å². The van der Waals surface area contributed by atoms with Gasteiger partial charge in [-0.1, -0.05) is 43.3 Å². The second-order valence-corrected chi connectivity index (χ2v) is 6.03. The molecule has 2 nitrogen and oxygen atoms in total. The molecule has 21 heavy (non-hydrogen) atoms. The van der Waals surface area contributed by atoms with Crippen LogP contribution in [0.4, 0.5) is 0 Å². The third kappa shape index (κ3) is 3.16. The van der Waals surface area contributed by atoms with E-state index in [-0.39, 0.29) is 0 Å². The molecule has 3 atom stereocenters. The van der Waals surface area contributed by atoms with Crippen LogP contribution in [0.2, 0.25) is 0 Å². The number of hydrogen-bond donors (Lipinski definition) is 1. The van der Waals surface area contributed by atoms with E-state index in [0.29, 0.717) is 17.9 Å². The van der Waals surface area contributed by atoms with Gasteiger partial charge in [-0.2, -0.15) is 0 Å². The summed E-state index contributed by atoms with van der Waals surface area (Å²) in [5.41, 5.74) is 4.01. The molecule has 2 heteroatoms. The van der Waals surface area contributed by atoms with Crippen molar-refractivity contribution in [1.29, 1.82) is 0 Å². The molecule has 2 aromatic rings. The molecule has 3 unspecified atom stereocenters. The lowest BCUT2D eigenvalue weighted by Gasteiger charge is -2.21. The number of rotatable bonds is 6. The van der Waals surface area contributed by atoms with E-state index in [1.165, 1.54) is 24.0 Å². The first-order chi connectivity index (χ1) is 10.3. The van der Waals surface area contributed by atoms with Crippen LogP contribution in [-0.2, 0) is 0 Å². The smallest absolute Gasteiger partial charge is 0.0420 e. The molecule has 0 amide bonds. The largest absolute Gasteiger partial charge is 0.310 e. The van der Waals surface area contributed by atoms with Gasteiger partial charge in [0.25, 0.3) is 0 Å². The van der Waals surface area contributed by atoms with Gasteiger partial charge in [0.15, 0.2) is 0 Å². The molecular weight excluding hydrogens is 256 g/mol. The molecule has 1 saturated carbocycles. The first-order valence-electron chi connectivity index (χ1n) is 8.01. The van der Waals surface area contributed by atoms with Crippen LogP contribution >= 0.6 is 0 Å². The lowest BCUT2D eigenvalue weighted by atomic mass is 9.97. The van der Waals surface area contributed by atoms with Crippen LogP contribution in [-0.4, -0.2) is 11.5 Å². The van der Waals surface area contributed by atoms with Gasteiger partial charge in [0.2, 0.25) is 0 Å². The number of aryl methyl sites for hydroxylation is 1. The Hall–Kier alpha value is -1.67. The SMILES string of the molecule is CCCNC(c1cccnc1C)C1CC1c1ccccc1. The van der Waals surface area contributed by atoms with Gasteiger partial charge in [0.1, 0.15) is 0 Å². The Kier molecular flexibility index (Phi) is 4.35. The minimum atomic E-state index is 0.434. The summed E-state index contributed by atoms with van der Waals surface area (Å²) in [5.74, 6) is 1.39. The molecule has 1 aliphatic carbocycles. The summed E-state index contributed by atoms with van der Waals surface area (Å²) in [7, 11) is 0. The highest BCUT2D eigenvalue weighted by Crippen LogP contribution is 2.54. The summed E-state index contributed by atoms with van der Waals surface area (Å²) >= 11 is 0. The molecule has 1 aliphatic rings. The first-order valence-corrected chi connectivity index (χ1v) is 8.01. The molecule has 1 aromatic heterocycles. The van der Waals surface area contributed by atoms with Crippen LogP contribution in [0.5, 0.6) is 0 Å². The fraction of sp³-hybridized carbons (Fsp3) is 0.421. The van der Waals surface area contributed by atoms with Crippen molar-refractivity contribution < 1.29 is 0 Å². The minimum Gasteiger partial charge on any atom is -0.310 e. The zero-order valence-electron chi connectivity index (χ0n) is 12.9. The van der Waals surface area contributed by atoms with Crippen LogP contribution in [0, 0.1) is 12.8 Å². The molecule has 0 bridgehead atoms. The molecule has 110 valence electrons. The lowest BCUT2D eigenvalue weighted by molar-refractivity contribution is 0.470. The fourth-order valence-corrected chi connectivity index (χ4v) is 3.28. The maximum absolute atomic E-state index is 4.48. The highest BCUT2D eigenvalue weighted by atomic mass is 14.9. The van der Waals surface area contributed by atoms with E-state index in [1.54, 1.807) is 0 Å². The van der Waals surface area contributed by atoms with Crippen molar-refractivity contribution in [3.05, 3.63) is 65.5 Å². The van der Waals surface area contributed by atoms with Crippen LogP contribution in [0.25, 0.3) is 0 Å². The van der Waals surface area contributed by atoms with Crippen LogP contribution in [0.3, 0.4) is 0 Å². The summed E-state index contributed by atoms with van der Waals surface area (Å²) in [6.07, 6.45) is 4.33. The zero-order chi connectivity index (χ0) is 14.7. The Bertz CT molecular complexity index is 579. The van der Waals surface area contributed by atoms with Crippen LogP contribution in [0.1, 0.15) is 48.5 Å². The van der Waals surface area contributed by atoms with E-state index in [0.717, 1.165) is 12.2 Å². The molecule has 0 saturated heterocycles. The third-order valence-electron chi connectivity index (χ3n) is 4.49. The Balaban J connectivity index is 1.80. The van der Waals surface area contributed by atoms with Gasteiger partial charge in [-0.3, -0.25) is 4.98 Å². The minimum absolute atomic E-state index is 0.434. The van der Waals surface area contributed by atoms with Gasteiger partial charge in [-0.15, -0.1) is 0 Å². The molecule has 0 spiro atoms. The molecule has 1 fully saturated rings. The maximum atomic E-state index is 4.48. The van der Waals surface area contributed by atoms with Gasteiger partial charge in [0.05, 0.1) is 0 Å². The number of aromatic nitrogens is 1. The molecule has 3 rings (SSSR count). The van der Waals surface area contributed by atoms with Crippen molar-refractivity contribution in [3.63, 3.8) is 0 Å². The van der Waals surface area contributed by atoms with Gasteiger partial charge >= 0.3 is 0 Å². The predicted molar refractivity (Wildman–Crippen MR) is 87.3 cm³/mol. The van der Waals surface area contributed by atoms with Gasteiger partial charge in [-0.25, -0.2) is 0 Å². The zero-order valence-corrected chi connectivity index (χ0v) is 12.9. The molecule has 1 heterocycles. The Morgan fingerprint density at radius 1 is 1.19 bits per heavy atom. The van der Waals surface area contributed by atoms with Crippen LogP contribution < -0.4 is 5.32 Å². The molecule has 0 radical (unpaired) electrons. The fourth-order valence-electron chi connectivity index (χ4n) is 3.28. The van der Waals surface area contributed by atoms with E-state index >= 15 is 0 Å². The quantitative estimate of drug-likeness (QED) is 0.856. The highest BCUT2D eigenvalue weighted by Gasteiger charge is 2.44. The van der Waals surface area contributed by atoms with Crippen molar-refractivity contribution in [2.45, 2.75) is 38.6 Å². The molecule has 1 aromatic carbocycles. The van der Waals surface area contributed by atoms with Crippen molar-refractivity contribution >= 4 is 0 Å². The Morgan fingerprint density at radius 2 is 2.00 bits per heavy atom. The summed E-state index contributed by atoms with van der Waals surface area (Å²) in [6.45, 7) is 5.41. The van der Waals surface area contributed by atoms with E-state index in [9.17, 15) is 0 Å². The molecular formula is C19H24N2. The predicted octanol–water partition coefficient (Wildman–Crippen LogP) is 4.23. The standard InChI is InChI=1S/C19H24N2/c1-3-11-21-19(16-10-7-12-20-14(16)2)18-13-17(18)15-8-5-4-6-9-15/h4-10,12,17-19,21H,3,11,13H2,1-2H3. The van der Waals surface area contributed by atoms with Crippen molar-refractivity contribution in [3.8, 4) is 0 Å². The summed E-state index contributed by atoms with van der Waals surface area (Å²) < 4.78 is 0. The van der Waals surface area contributed by atoms with E-state index < -0.39 is 0 Å². The van der Waals surface area contributed by atoms with Crippen LogP contribution in [0.15, 0.2) is 48.7 Å². The second-order valence-electron chi connectivity index (χ2n) is 6.03. The van der Waals surface area contributed by atoms with E-state index in [1.807, 2.05) is 6.20 Å².